The van der Waals surface area contributed by atoms with E-state index < -0.39 is 17.1 Å². The second kappa shape index (κ2) is 5.15. The smallest absolute Gasteiger partial charge is 0.416 e. The number of rotatable bonds is 2. The number of hydrogen-bond acceptors (Lipinski definition) is 2. The zero-order valence-corrected chi connectivity index (χ0v) is 11.4. The van der Waals surface area contributed by atoms with Crippen LogP contribution in [0.3, 0.4) is 0 Å². The van der Waals surface area contributed by atoms with Gasteiger partial charge in [0.25, 0.3) is 0 Å². The fraction of sp³-hybridized carbons (Fsp3) is 0.200. The molecule has 0 bridgehead atoms. The topological polar surface area (TPSA) is 18.5 Å². The highest BCUT2D eigenvalue weighted by atomic mass is 35.5. The predicted molar refractivity (Wildman–Crippen MR) is 71.7 cm³/mol. The zero-order valence-electron chi connectivity index (χ0n) is 10.7. The molecule has 2 aromatic carbocycles. The van der Waals surface area contributed by atoms with Gasteiger partial charge in [0.15, 0.2) is 11.5 Å². The second-order valence-electron chi connectivity index (χ2n) is 4.60. The normalized spacial score (nSPS) is 15.0. The Morgan fingerprint density at radius 3 is 2.19 bits per heavy atom. The molecular weight excluding hydrogens is 305 g/mol. The van der Waals surface area contributed by atoms with Crippen LogP contribution in [0.25, 0.3) is 0 Å². The van der Waals surface area contributed by atoms with E-state index in [0.29, 0.717) is 17.1 Å². The molecule has 0 aromatic heterocycles. The third-order valence-electron chi connectivity index (χ3n) is 3.22. The Bertz CT molecular complexity index is 653. The number of halogens is 4. The first-order valence-corrected chi connectivity index (χ1v) is 6.59. The van der Waals surface area contributed by atoms with E-state index in [4.69, 9.17) is 21.1 Å². The summed E-state index contributed by atoms with van der Waals surface area (Å²) in [7, 11) is 0. The van der Waals surface area contributed by atoms with Crippen molar-refractivity contribution in [2.24, 2.45) is 0 Å². The first-order chi connectivity index (χ1) is 9.95. The van der Waals surface area contributed by atoms with Crippen LogP contribution in [-0.2, 0) is 6.18 Å². The summed E-state index contributed by atoms with van der Waals surface area (Å²) in [5.41, 5.74) is 0.630. The van der Waals surface area contributed by atoms with Gasteiger partial charge in [-0.1, -0.05) is 18.2 Å². The van der Waals surface area contributed by atoms with E-state index in [-0.39, 0.29) is 6.79 Å². The maximum Gasteiger partial charge on any atom is 0.416 e. The molecule has 0 fully saturated rings. The highest BCUT2D eigenvalue weighted by molar-refractivity contribution is 6.22. The Labute approximate surface area is 124 Å². The third kappa shape index (κ3) is 2.78. The summed E-state index contributed by atoms with van der Waals surface area (Å²) in [6.45, 7) is 0.159. The SMILES string of the molecule is FC(F)(F)c1ccc([C@@H](Cl)c2ccc3c(c2)OCO3)cc1. The van der Waals surface area contributed by atoms with Crippen LogP contribution in [0, 0.1) is 0 Å². The lowest BCUT2D eigenvalue weighted by molar-refractivity contribution is -0.137. The largest absolute Gasteiger partial charge is 0.454 e. The van der Waals surface area contributed by atoms with Gasteiger partial charge in [-0.25, -0.2) is 0 Å². The molecule has 2 aromatic rings. The molecule has 0 aliphatic carbocycles. The van der Waals surface area contributed by atoms with Crippen molar-refractivity contribution in [2.75, 3.05) is 6.79 Å². The van der Waals surface area contributed by atoms with Gasteiger partial charge in [-0.15, -0.1) is 11.6 Å². The minimum absolute atomic E-state index is 0.159. The summed E-state index contributed by atoms with van der Waals surface area (Å²) >= 11 is 6.32. The molecule has 0 unspecified atom stereocenters. The standard InChI is InChI=1S/C15H10ClF3O2/c16-14(9-1-4-11(5-2-9)15(17,18)19)10-3-6-12-13(7-10)21-8-20-12/h1-7,14H,8H2/t14-/m1/s1. The van der Waals surface area contributed by atoms with Gasteiger partial charge in [-0.05, 0) is 35.4 Å². The van der Waals surface area contributed by atoms with E-state index >= 15 is 0 Å². The van der Waals surface area contributed by atoms with Gasteiger partial charge in [-0.3, -0.25) is 0 Å². The van der Waals surface area contributed by atoms with Gasteiger partial charge in [0.2, 0.25) is 6.79 Å². The first-order valence-electron chi connectivity index (χ1n) is 6.16. The quantitative estimate of drug-likeness (QED) is 0.744. The minimum Gasteiger partial charge on any atom is -0.454 e. The summed E-state index contributed by atoms with van der Waals surface area (Å²) in [4.78, 5) is 0. The Morgan fingerprint density at radius 2 is 1.52 bits per heavy atom. The Balaban J connectivity index is 1.86. The average Bonchev–Trinajstić information content (AvgIpc) is 2.93. The molecule has 0 spiro atoms. The molecule has 0 amide bonds. The minimum atomic E-state index is -4.35. The molecule has 21 heavy (non-hydrogen) atoms. The van der Waals surface area contributed by atoms with E-state index in [1.165, 1.54) is 12.1 Å². The van der Waals surface area contributed by atoms with Gasteiger partial charge in [-0.2, -0.15) is 13.2 Å². The lowest BCUT2D eigenvalue weighted by Gasteiger charge is -2.13. The molecule has 3 rings (SSSR count). The number of benzene rings is 2. The van der Waals surface area contributed by atoms with Gasteiger partial charge >= 0.3 is 6.18 Å². The molecule has 1 heterocycles. The van der Waals surface area contributed by atoms with Crippen molar-refractivity contribution in [1.82, 2.24) is 0 Å². The van der Waals surface area contributed by atoms with Crippen LogP contribution in [0.15, 0.2) is 42.5 Å². The number of fused-ring (bicyclic) bond motifs is 1. The van der Waals surface area contributed by atoms with Crippen molar-refractivity contribution in [3.63, 3.8) is 0 Å². The van der Waals surface area contributed by atoms with Crippen molar-refractivity contribution in [2.45, 2.75) is 11.6 Å². The predicted octanol–water partition coefficient (Wildman–Crippen LogP) is 4.76. The van der Waals surface area contributed by atoms with Gasteiger partial charge < -0.3 is 9.47 Å². The van der Waals surface area contributed by atoms with Crippen molar-refractivity contribution in [3.8, 4) is 11.5 Å². The summed E-state index contributed by atoms with van der Waals surface area (Å²) in [5, 5.41) is -0.554. The molecule has 110 valence electrons. The van der Waals surface area contributed by atoms with E-state index in [9.17, 15) is 13.2 Å². The van der Waals surface area contributed by atoms with Gasteiger partial charge in [0, 0.05) is 0 Å². The van der Waals surface area contributed by atoms with Crippen molar-refractivity contribution in [1.29, 1.82) is 0 Å². The molecule has 0 saturated heterocycles. The Kier molecular flexibility index (Phi) is 3.45. The first kappa shape index (κ1) is 14.1. The fourth-order valence-corrected chi connectivity index (χ4v) is 2.39. The van der Waals surface area contributed by atoms with Crippen LogP contribution in [0.4, 0.5) is 13.2 Å². The van der Waals surface area contributed by atoms with Crippen molar-refractivity contribution in [3.05, 3.63) is 59.2 Å². The van der Waals surface area contributed by atoms with Crippen LogP contribution in [0.5, 0.6) is 11.5 Å². The van der Waals surface area contributed by atoms with Gasteiger partial charge in [0.1, 0.15) is 0 Å². The lowest BCUT2D eigenvalue weighted by atomic mass is 10.0. The molecular formula is C15H10ClF3O2. The monoisotopic (exact) mass is 314 g/mol. The number of ether oxygens (including phenoxy) is 2. The van der Waals surface area contributed by atoms with Gasteiger partial charge in [0.05, 0.1) is 10.9 Å². The number of alkyl halides is 4. The summed E-state index contributed by atoms with van der Waals surface area (Å²) in [5.74, 6) is 1.22. The molecule has 6 heteroatoms. The average molecular weight is 315 g/mol. The molecule has 1 atom stereocenters. The van der Waals surface area contributed by atoms with E-state index in [0.717, 1.165) is 17.7 Å². The van der Waals surface area contributed by atoms with E-state index in [1.807, 2.05) is 0 Å². The molecule has 0 saturated carbocycles. The molecule has 1 aliphatic heterocycles. The Hall–Kier alpha value is -1.88. The fourth-order valence-electron chi connectivity index (χ4n) is 2.10. The molecule has 1 aliphatic rings. The summed E-state index contributed by atoms with van der Waals surface area (Å²) in [6.07, 6.45) is -4.35. The van der Waals surface area contributed by atoms with E-state index in [2.05, 4.69) is 0 Å². The highest BCUT2D eigenvalue weighted by Crippen LogP contribution is 2.38. The molecule has 2 nitrogen and oxygen atoms in total. The van der Waals surface area contributed by atoms with Crippen molar-refractivity contribution >= 4 is 11.6 Å². The lowest BCUT2D eigenvalue weighted by Crippen LogP contribution is -2.05. The third-order valence-corrected chi connectivity index (χ3v) is 3.72. The second-order valence-corrected chi connectivity index (χ2v) is 5.03. The van der Waals surface area contributed by atoms with Crippen LogP contribution >= 0.6 is 11.6 Å². The van der Waals surface area contributed by atoms with E-state index in [1.54, 1.807) is 18.2 Å². The van der Waals surface area contributed by atoms with Crippen molar-refractivity contribution < 1.29 is 22.6 Å². The number of hydrogen-bond donors (Lipinski definition) is 0. The highest BCUT2D eigenvalue weighted by Gasteiger charge is 2.30. The van der Waals surface area contributed by atoms with Crippen LogP contribution in [0.2, 0.25) is 0 Å². The summed E-state index contributed by atoms with van der Waals surface area (Å²) in [6, 6.07) is 10.0. The maximum absolute atomic E-state index is 12.5. The van der Waals surface area contributed by atoms with Crippen LogP contribution in [0.1, 0.15) is 22.1 Å². The Morgan fingerprint density at radius 1 is 0.905 bits per heavy atom. The summed E-state index contributed by atoms with van der Waals surface area (Å²) < 4.78 is 48.1. The molecule has 0 N–H and O–H groups in total. The maximum atomic E-state index is 12.5. The molecule has 0 radical (unpaired) electrons. The van der Waals surface area contributed by atoms with Crippen LogP contribution in [-0.4, -0.2) is 6.79 Å². The van der Waals surface area contributed by atoms with Crippen LogP contribution < -0.4 is 9.47 Å². The zero-order chi connectivity index (χ0) is 15.0.